The van der Waals surface area contributed by atoms with E-state index in [4.69, 9.17) is 9.47 Å². The summed E-state index contributed by atoms with van der Waals surface area (Å²) in [7, 11) is 0. The molecule has 1 aromatic heterocycles. The van der Waals surface area contributed by atoms with E-state index in [1.165, 1.54) is 0 Å². The maximum Gasteiger partial charge on any atom is 0.232 e. The molecule has 0 spiro atoms. The van der Waals surface area contributed by atoms with Gasteiger partial charge in [-0.05, 0) is 6.92 Å². The number of hydrogen-bond donors (Lipinski definition) is 1. The first-order valence-corrected chi connectivity index (χ1v) is 5.97. The Morgan fingerprint density at radius 1 is 1.24 bits per heavy atom. The number of hydrogen-bond acceptors (Lipinski definition) is 5. The molecule has 0 aliphatic rings. The molecular weight excluding hydrogens is 218 g/mol. The van der Waals surface area contributed by atoms with Gasteiger partial charge in [0.05, 0.1) is 24.7 Å². The summed E-state index contributed by atoms with van der Waals surface area (Å²) < 4.78 is 10.5. The lowest BCUT2D eigenvalue weighted by Crippen LogP contribution is -2.22. The minimum atomic E-state index is 0.443. The van der Waals surface area contributed by atoms with Crippen molar-refractivity contribution in [3.8, 4) is 5.88 Å². The molecule has 1 rings (SSSR count). The lowest BCUT2D eigenvalue weighted by molar-refractivity contribution is 0.108. The third kappa shape index (κ3) is 6.19. The predicted octanol–water partition coefficient (Wildman–Crippen LogP) is 1.39. The van der Waals surface area contributed by atoms with Crippen LogP contribution in [0.2, 0.25) is 0 Å². The smallest absolute Gasteiger partial charge is 0.232 e. The van der Waals surface area contributed by atoms with Gasteiger partial charge in [-0.3, -0.25) is 4.98 Å². The maximum absolute atomic E-state index is 5.37. The molecule has 0 saturated carbocycles. The van der Waals surface area contributed by atoms with Gasteiger partial charge in [0.2, 0.25) is 5.88 Å². The summed E-state index contributed by atoms with van der Waals surface area (Å²) in [6.45, 7) is 8.66. The summed E-state index contributed by atoms with van der Waals surface area (Å²) in [5.41, 5.74) is 0.913. The average molecular weight is 239 g/mol. The van der Waals surface area contributed by atoms with Gasteiger partial charge >= 0.3 is 0 Å². The second kappa shape index (κ2) is 7.97. The molecule has 96 valence electrons. The van der Waals surface area contributed by atoms with Gasteiger partial charge in [-0.1, -0.05) is 13.8 Å². The van der Waals surface area contributed by atoms with E-state index in [1.807, 2.05) is 6.92 Å². The van der Waals surface area contributed by atoms with Crippen LogP contribution in [0.15, 0.2) is 12.4 Å². The number of aromatic nitrogens is 2. The summed E-state index contributed by atoms with van der Waals surface area (Å²) in [6, 6.07) is 0.443. The lowest BCUT2D eigenvalue weighted by Gasteiger charge is -2.08. The van der Waals surface area contributed by atoms with Crippen LogP contribution in [-0.2, 0) is 11.3 Å². The molecule has 1 N–H and O–H groups in total. The van der Waals surface area contributed by atoms with Crippen LogP contribution in [0.3, 0.4) is 0 Å². The van der Waals surface area contributed by atoms with Gasteiger partial charge in [0.15, 0.2) is 0 Å². The Kier molecular flexibility index (Phi) is 6.50. The Morgan fingerprint density at radius 3 is 2.65 bits per heavy atom. The van der Waals surface area contributed by atoms with Crippen molar-refractivity contribution < 1.29 is 9.47 Å². The van der Waals surface area contributed by atoms with Crippen molar-refractivity contribution in [2.45, 2.75) is 33.4 Å². The van der Waals surface area contributed by atoms with Crippen molar-refractivity contribution in [3.05, 3.63) is 18.1 Å². The van der Waals surface area contributed by atoms with Crippen molar-refractivity contribution in [1.82, 2.24) is 15.3 Å². The molecule has 0 aliphatic heterocycles. The summed E-state index contributed by atoms with van der Waals surface area (Å²) in [4.78, 5) is 8.43. The van der Waals surface area contributed by atoms with Crippen LogP contribution in [0.1, 0.15) is 26.5 Å². The van der Waals surface area contributed by atoms with E-state index in [9.17, 15) is 0 Å². The zero-order chi connectivity index (χ0) is 12.5. The van der Waals surface area contributed by atoms with Gasteiger partial charge in [0.25, 0.3) is 0 Å². The first-order valence-electron chi connectivity index (χ1n) is 5.97. The molecule has 0 atom stereocenters. The molecular formula is C12H21N3O2. The maximum atomic E-state index is 5.37. The zero-order valence-electron chi connectivity index (χ0n) is 10.8. The molecule has 5 heteroatoms. The molecule has 0 fully saturated rings. The van der Waals surface area contributed by atoms with E-state index in [1.54, 1.807) is 12.4 Å². The number of nitrogens with one attached hydrogen (secondary N) is 1. The van der Waals surface area contributed by atoms with Crippen LogP contribution >= 0.6 is 0 Å². The highest BCUT2D eigenvalue weighted by Crippen LogP contribution is 2.03. The fourth-order valence-corrected chi connectivity index (χ4v) is 1.17. The van der Waals surface area contributed by atoms with E-state index in [0.717, 1.165) is 12.2 Å². The largest absolute Gasteiger partial charge is 0.474 e. The molecule has 1 aromatic rings. The number of nitrogens with zero attached hydrogens (tertiary/aromatic N) is 2. The van der Waals surface area contributed by atoms with Crippen LogP contribution < -0.4 is 10.1 Å². The van der Waals surface area contributed by atoms with Crippen molar-refractivity contribution in [3.63, 3.8) is 0 Å². The third-order valence-electron chi connectivity index (χ3n) is 2.05. The zero-order valence-corrected chi connectivity index (χ0v) is 10.8. The Hall–Kier alpha value is -1.20. The van der Waals surface area contributed by atoms with Gasteiger partial charge in [0.1, 0.15) is 6.61 Å². The van der Waals surface area contributed by atoms with Crippen LogP contribution in [0.4, 0.5) is 0 Å². The van der Waals surface area contributed by atoms with Gasteiger partial charge in [-0.15, -0.1) is 0 Å². The van der Waals surface area contributed by atoms with Crippen molar-refractivity contribution in [1.29, 1.82) is 0 Å². The van der Waals surface area contributed by atoms with Crippen LogP contribution in [0, 0.1) is 0 Å². The summed E-state index contributed by atoms with van der Waals surface area (Å²) >= 11 is 0. The van der Waals surface area contributed by atoms with E-state index in [2.05, 4.69) is 29.1 Å². The molecule has 0 amide bonds. The standard InChI is InChI=1S/C12H21N3O2/c1-4-16-5-6-17-12-9-14-11(8-15-12)7-13-10(2)3/h8-10,13H,4-7H2,1-3H3. The third-order valence-corrected chi connectivity index (χ3v) is 2.05. The van der Waals surface area contributed by atoms with Gasteiger partial charge in [0, 0.05) is 19.2 Å². The molecule has 0 unspecified atom stereocenters. The van der Waals surface area contributed by atoms with E-state index in [-0.39, 0.29) is 0 Å². The molecule has 17 heavy (non-hydrogen) atoms. The first kappa shape index (κ1) is 13.9. The molecule has 0 aliphatic carbocycles. The van der Waals surface area contributed by atoms with Gasteiger partial charge in [-0.25, -0.2) is 4.98 Å². The molecule has 5 nitrogen and oxygen atoms in total. The van der Waals surface area contributed by atoms with Gasteiger partial charge in [-0.2, -0.15) is 0 Å². The Labute approximate surface area is 103 Å². The minimum Gasteiger partial charge on any atom is -0.474 e. The van der Waals surface area contributed by atoms with E-state index < -0.39 is 0 Å². The normalized spacial score (nSPS) is 10.8. The molecule has 0 aromatic carbocycles. The molecule has 1 heterocycles. The van der Waals surface area contributed by atoms with Crippen molar-refractivity contribution >= 4 is 0 Å². The van der Waals surface area contributed by atoms with E-state index >= 15 is 0 Å². The monoisotopic (exact) mass is 239 g/mol. The Morgan fingerprint density at radius 2 is 2.06 bits per heavy atom. The minimum absolute atomic E-state index is 0.443. The highest BCUT2D eigenvalue weighted by Gasteiger charge is 1.99. The molecule has 0 radical (unpaired) electrons. The second-order valence-electron chi connectivity index (χ2n) is 3.93. The van der Waals surface area contributed by atoms with Crippen molar-refractivity contribution in [2.75, 3.05) is 19.8 Å². The van der Waals surface area contributed by atoms with Crippen LogP contribution in [-0.4, -0.2) is 35.8 Å². The number of ether oxygens (including phenoxy) is 2. The van der Waals surface area contributed by atoms with Crippen LogP contribution in [0.25, 0.3) is 0 Å². The fraction of sp³-hybridized carbons (Fsp3) is 0.667. The highest BCUT2D eigenvalue weighted by molar-refractivity contribution is 5.07. The van der Waals surface area contributed by atoms with Crippen LogP contribution in [0.5, 0.6) is 5.88 Å². The second-order valence-corrected chi connectivity index (χ2v) is 3.93. The molecule has 0 saturated heterocycles. The predicted molar refractivity (Wildman–Crippen MR) is 66.0 cm³/mol. The average Bonchev–Trinajstić information content (AvgIpc) is 2.33. The molecule has 0 bridgehead atoms. The Balaban J connectivity index is 2.29. The van der Waals surface area contributed by atoms with Crippen molar-refractivity contribution in [2.24, 2.45) is 0 Å². The summed E-state index contributed by atoms with van der Waals surface area (Å²) in [5, 5.41) is 3.28. The topological polar surface area (TPSA) is 56.3 Å². The fourth-order valence-electron chi connectivity index (χ4n) is 1.17. The van der Waals surface area contributed by atoms with E-state index in [0.29, 0.717) is 31.7 Å². The first-order chi connectivity index (χ1) is 8.22. The SMILES string of the molecule is CCOCCOc1cnc(CNC(C)C)cn1. The lowest BCUT2D eigenvalue weighted by atomic mass is 10.3. The quantitative estimate of drug-likeness (QED) is 0.695. The highest BCUT2D eigenvalue weighted by atomic mass is 16.5. The number of rotatable bonds is 8. The Bertz CT molecular complexity index is 301. The summed E-state index contributed by atoms with van der Waals surface area (Å²) in [6.07, 6.45) is 3.37. The summed E-state index contributed by atoms with van der Waals surface area (Å²) in [5.74, 6) is 0.540. The van der Waals surface area contributed by atoms with Gasteiger partial charge < -0.3 is 14.8 Å².